The number of imidazole rings is 1. The maximum atomic E-state index is 12.1. The fourth-order valence-electron chi connectivity index (χ4n) is 2.54. The highest BCUT2D eigenvalue weighted by Gasteiger charge is 2.35. The molecule has 1 fully saturated rings. The van der Waals surface area contributed by atoms with Gasteiger partial charge in [0.15, 0.2) is 16.9 Å². The molecule has 8 nitrogen and oxygen atoms in total. The molecule has 2 atom stereocenters. The Morgan fingerprint density at radius 2 is 2.26 bits per heavy atom. The van der Waals surface area contributed by atoms with Crippen LogP contribution in [0.5, 0.6) is 0 Å². The number of nitrogens with zero attached hydrogens (tertiary/aromatic N) is 3. The zero-order valence-electron chi connectivity index (χ0n) is 10.0. The van der Waals surface area contributed by atoms with E-state index < -0.39 is 11.6 Å². The monoisotopic (exact) mass is 263 g/mol. The standard InChI is InChI=1S/C11H13N5O3/c12-11-14-9-7(10(19)15-11)13-4-16(9)6-2-1-5(3-17)8(6)18/h4-6,17H,1-3H2,(H3,12,14,15,19)/t5-,6-/m0/s1. The number of aromatic nitrogens is 4. The molecule has 0 amide bonds. The summed E-state index contributed by atoms with van der Waals surface area (Å²) in [7, 11) is 0. The van der Waals surface area contributed by atoms with Crippen LogP contribution in [0, 0.1) is 5.92 Å². The van der Waals surface area contributed by atoms with Gasteiger partial charge >= 0.3 is 0 Å². The highest BCUT2D eigenvalue weighted by atomic mass is 16.3. The predicted molar refractivity (Wildman–Crippen MR) is 66.4 cm³/mol. The maximum absolute atomic E-state index is 12.1. The van der Waals surface area contributed by atoms with Gasteiger partial charge in [-0.25, -0.2) is 4.98 Å². The van der Waals surface area contributed by atoms with E-state index in [1.54, 1.807) is 4.57 Å². The van der Waals surface area contributed by atoms with Gasteiger partial charge in [0.2, 0.25) is 5.95 Å². The van der Waals surface area contributed by atoms with Crippen molar-refractivity contribution in [1.82, 2.24) is 19.5 Å². The summed E-state index contributed by atoms with van der Waals surface area (Å²) in [5, 5.41) is 9.12. The van der Waals surface area contributed by atoms with E-state index in [0.717, 1.165) is 0 Å². The summed E-state index contributed by atoms with van der Waals surface area (Å²) in [6, 6.07) is -0.434. The lowest BCUT2D eigenvalue weighted by Crippen LogP contribution is -2.20. The highest BCUT2D eigenvalue weighted by Crippen LogP contribution is 2.32. The van der Waals surface area contributed by atoms with E-state index in [4.69, 9.17) is 10.8 Å². The molecule has 1 saturated carbocycles. The van der Waals surface area contributed by atoms with Crippen molar-refractivity contribution in [3.8, 4) is 0 Å². The molecule has 19 heavy (non-hydrogen) atoms. The number of nitrogens with one attached hydrogen (secondary N) is 1. The molecule has 0 aliphatic heterocycles. The van der Waals surface area contributed by atoms with E-state index in [2.05, 4.69) is 15.0 Å². The number of fused-ring (bicyclic) bond motifs is 1. The minimum atomic E-state index is -0.434. The van der Waals surface area contributed by atoms with Gasteiger partial charge in [-0.2, -0.15) is 4.98 Å². The van der Waals surface area contributed by atoms with E-state index in [1.807, 2.05) is 0 Å². The minimum Gasteiger partial charge on any atom is -0.396 e. The summed E-state index contributed by atoms with van der Waals surface area (Å²) < 4.78 is 1.57. The first-order chi connectivity index (χ1) is 9.11. The summed E-state index contributed by atoms with van der Waals surface area (Å²) in [4.78, 5) is 34.1. The van der Waals surface area contributed by atoms with E-state index in [0.29, 0.717) is 18.5 Å². The lowest BCUT2D eigenvalue weighted by molar-refractivity contribution is -0.124. The molecular weight excluding hydrogens is 250 g/mol. The van der Waals surface area contributed by atoms with Crippen LogP contribution in [0.4, 0.5) is 5.95 Å². The van der Waals surface area contributed by atoms with Crippen molar-refractivity contribution in [2.45, 2.75) is 18.9 Å². The van der Waals surface area contributed by atoms with Gasteiger partial charge in [-0.1, -0.05) is 0 Å². The molecule has 0 spiro atoms. The number of anilines is 1. The third-order valence-corrected chi connectivity index (χ3v) is 3.53. The van der Waals surface area contributed by atoms with Gasteiger partial charge in [0, 0.05) is 5.92 Å². The molecule has 2 aromatic heterocycles. The topological polar surface area (TPSA) is 127 Å². The lowest BCUT2D eigenvalue weighted by atomic mass is 10.1. The van der Waals surface area contributed by atoms with Crippen molar-refractivity contribution >= 4 is 22.9 Å². The molecule has 8 heteroatoms. The Kier molecular flexibility index (Phi) is 2.59. The van der Waals surface area contributed by atoms with E-state index in [-0.39, 0.29) is 29.8 Å². The fraction of sp³-hybridized carbons (Fsp3) is 0.455. The van der Waals surface area contributed by atoms with Crippen LogP contribution in [0.2, 0.25) is 0 Å². The molecule has 100 valence electrons. The molecule has 2 aromatic rings. The smallest absolute Gasteiger partial charge is 0.280 e. The second-order valence-corrected chi connectivity index (χ2v) is 4.65. The number of hydrogen-bond donors (Lipinski definition) is 3. The summed E-state index contributed by atoms with van der Waals surface area (Å²) in [5.74, 6) is -0.410. The second kappa shape index (κ2) is 4.16. The van der Waals surface area contributed by atoms with E-state index >= 15 is 0 Å². The van der Waals surface area contributed by atoms with Crippen LogP contribution in [-0.2, 0) is 4.79 Å². The molecule has 4 N–H and O–H groups in total. The Morgan fingerprint density at radius 3 is 2.95 bits per heavy atom. The molecule has 2 heterocycles. The van der Waals surface area contributed by atoms with E-state index in [9.17, 15) is 9.59 Å². The molecule has 1 aliphatic carbocycles. The maximum Gasteiger partial charge on any atom is 0.280 e. The number of aliphatic hydroxyl groups is 1. The molecule has 0 bridgehead atoms. The molecule has 0 saturated heterocycles. The third-order valence-electron chi connectivity index (χ3n) is 3.53. The summed E-state index contributed by atoms with van der Waals surface area (Å²) in [5.41, 5.74) is 5.55. The van der Waals surface area contributed by atoms with Gasteiger partial charge in [-0.3, -0.25) is 14.6 Å². The zero-order chi connectivity index (χ0) is 13.6. The number of carbonyl (C=O) groups is 1. The Balaban J connectivity index is 2.12. The number of aromatic amines is 1. The second-order valence-electron chi connectivity index (χ2n) is 4.65. The van der Waals surface area contributed by atoms with E-state index in [1.165, 1.54) is 6.33 Å². The lowest BCUT2D eigenvalue weighted by Gasteiger charge is -2.11. The van der Waals surface area contributed by atoms with Gasteiger partial charge in [-0.15, -0.1) is 0 Å². The van der Waals surface area contributed by atoms with Crippen molar-refractivity contribution in [3.63, 3.8) is 0 Å². The van der Waals surface area contributed by atoms with Crippen molar-refractivity contribution in [3.05, 3.63) is 16.7 Å². The minimum absolute atomic E-state index is 0.0107. The van der Waals surface area contributed by atoms with Gasteiger partial charge in [-0.05, 0) is 12.8 Å². The van der Waals surface area contributed by atoms with Crippen molar-refractivity contribution < 1.29 is 9.90 Å². The average Bonchev–Trinajstić information content (AvgIpc) is 2.92. The zero-order valence-corrected chi connectivity index (χ0v) is 10.0. The van der Waals surface area contributed by atoms with Crippen molar-refractivity contribution in [2.75, 3.05) is 12.3 Å². The van der Waals surface area contributed by atoms with Crippen LogP contribution in [-0.4, -0.2) is 37.0 Å². The number of hydrogen-bond acceptors (Lipinski definition) is 6. The predicted octanol–water partition coefficient (Wildman–Crippen LogP) is -0.786. The fourth-order valence-corrected chi connectivity index (χ4v) is 2.54. The summed E-state index contributed by atoms with van der Waals surface area (Å²) in [6.45, 7) is -0.155. The number of rotatable bonds is 2. The first-order valence-corrected chi connectivity index (χ1v) is 5.98. The quantitative estimate of drug-likeness (QED) is 0.652. The van der Waals surface area contributed by atoms with Crippen molar-refractivity contribution in [2.24, 2.45) is 5.92 Å². The van der Waals surface area contributed by atoms with Gasteiger partial charge < -0.3 is 15.4 Å². The number of aliphatic hydroxyl groups excluding tert-OH is 1. The summed E-state index contributed by atoms with van der Waals surface area (Å²) in [6.07, 6.45) is 2.65. The van der Waals surface area contributed by atoms with Crippen molar-refractivity contribution in [1.29, 1.82) is 0 Å². The SMILES string of the molecule is Nc1nc2c(ncn2[C@H]2CC[C@@H](CO)C2=O)c(=O)[nH]1. The summed E-state index contributed by atoms with van der Waals surface area (Å²) >= 11 is 0. The van der Waals surface area contributed by atoms with Gasteiger partial charge in [0.1, 0.15) is 0 Å². The number of ketones is 1. The molecular formula is C11H13N5O3. The first kappa shape index (κ1) is 11.8. The number of nitrogens with two attached hydrogens (primary N) is 1. The highest BCUT2D eigenvalue weighted by molar-refractivity contribution is 5.88. The largest absolute Gasteiger partial charge is 0.396 e. The van der Waals surface area contributed by atoms with Gasteiger partial charge in [0.25, 0.3) is 5.56 Å². The molecule has 0 radical (unpaired) electrons. The number of nitrogen functional groups attached to an aromatic ring is 1. The average molecular weight is 263 g/mol. The normalized spacial score (nSPS) is 23.3. The number of carbonyl (C=O) groups excluding carboxylic acids is 1. The molecule has 0 aromatic carbocycles. The Hall–Kier alpha value is -2.22. The third kappa shape index (κ3) is 1.72. The van der Waals surface area contributed by atoms with Gasteiger partial charge in [0.05, 0.1) is 19.0 Å². The number of H-pyrrole nitrogens is 1. The van der Waals surface area contributed by atoms with Crippen LogP contribution < -0.4 is 11.3 Å². The van der Waals surface area contributed by atoms with Crippen LogP contribution in [0.1, 0.15) is 18.9 Å². The Bertz CT molecular complexity index is 704. The van der Waals surface area contributed by atoms with Crippen LogP contribution in [0.15, 0.2) is 11.1 Å². The van der Waals surface area contributed by atoms with Crippen LogP contribution in [0.25, 0.3) is 11.2 Å². The van der Waals surface area contributed by atoms with Crippen LogP contribution >= 0.6 is 0 Å². The Morgan fingerprint density at radius 1 is 1.47 bits per heavy atom. The van der Waals surface area contributed by atoms with Crippen LogP contribution in [0.3, 0.4) is 0 Å². The number of Topliss-reactive ketones (excluding diaryl/α,β-unsaturated/α-hetero) is 1. The first-order valence-electron chi connectivity index (χ1n) is 5.98. The molecule has 0 unspecified atom stereocenters. The molecule has 1 aliphatic rings. The molecule has 3 rings (SSSR count). The Labute approximate surface area is 107 Å².